The number of carboxylic acid groups (broad SMARTS) is 1. The lowest BCUT2D eigenvalue weighted by molar-refractivity contribution is 0.0691. The minimum atomic E-state index is -1.10. The van der Waals surface area contributed by atoms with E-state index in [0.29, 0.717) is 17.8 Å². The van der Waals surface area contributed by atoms with Gasteiger partial charge in [0.15, 0.2) is 5.69 Å². The first-order valence-electron chi connectivity index (χ1n) is 5.74. The first kappa shape index (κ1) is 12.2. The Kier molecular flexibility index (Phi) is 3.52. The van der Waals surface area contributed by atoms with Crippen molar-refractivity contribution in [2.75, 3.05) is 5.32 Å². The molecule has 0 radical (unpaired) electrons. The van der Waals surface area contributed by atoms with Crippen molar-refractivity contribution < 1.29 is 9.90 Å². The van der Waals surface area contributed by atoms with Crippen molar-refractivity contribution in [3.63, 3.8) is 0 Å². The van der Waals surface area contributed by atoms with Crippen LogP contribution < -0.4 is 5.32 Å². The molecule has 1 heterocycles. The van der Waals surface area contributed by atoms with Crippen molar-refractivity contribution in [1.29, 1.82) is 0 Å². The van der Waals surface area contributed by atoms with Crippen LogP contribution in [0, 0.1) is 5.92 Å². The molecule has 2 rings (SSSR count). The zero-order valence-corrected chi connectivity index (χ0v) is 10.4. The van der Waals surface area contributed by atoms with Gasteiger partial charge in [0.05, 0.1) is 5.02 Å². The van der Waals surface area contributed by atoms with Crippen LogP contribution in [0.5, 0.6) is 0 Å². The van der Waals surface area contributed by atoms with Gasteiger partial charge in [0, 0.05) is 6.04 Å². The molecule has 2 N–H and O–H groups in total. The van der Waals surface area contributed by atoms with Crippen LogP contribution in [0.3, 0.4) is 0 Å². The van der Waals surface area contributed by atoms with E-state index in [9.17, 15) is 4.79 Å². The summed E-state index contributed by atoms with van der Waals surface area (Å²) in [6.45, 7) is 2.10. The summed E-state index contributed by atoms with van der Waals surface area (Å²) >= 11 is 5.76. The van der Waals surface area contributed by atoms with Crippen LogP contribution >= 0.6 is 11.6 Å². The number of carboxylic acids is 1. The highest BCUT2D eigenvalue weighted by Gasteiger charge is 2.24. The van der Waals surface area contributed by atoms with Gasteiger partial charge in [-0.3, -0.25) is 0 Å². The molecule has 1 saturated carbocycles. The number of aromatic nitrogens is 1. The fraction of sp³-hybridized carbons (Fsp3) is 0.500. The molecule has 0 spiro atoms. The summed E-state index contributed by atoms with van der Waals surface area (Å²) < 4.78 is 0. The minimum absolute atomic E-state index is 0.0996. The first-order valence-corrected chi connectivity index (χ1v) is 6.12. The van der Waals surface area contributed by atoms with Crippen molar-refractivity contribution in [2.45, 2.75) is 32.2 Å². The van der Waals surface area contributed by atoms with Gasteiger partial charge in [-0.1, -0.05) is 18.0 Å². The Morgan fingerprint density at radius 2 is 2.29 bits per heavy atom. The lowest BCUT2D eigenvalue weighted by atomic mass is 9.80. The lowest BCUT2D eigenvalue weighted by Gasteiger charge is -2.32. The van der Waals surface area contributed by atoms with Crippen LogP contribution in [0.25, 0.3) is 0 Å². The number of hydrogen-bond donors (Lipinski definition) is 2. The second-order valence-electron chi connectivity index (χ2n) is 4.46. The average molecular weight is 255 g/mol. The van der Waals surface area contributed by atoms with E-state index in [2.05, 4.69) is 17.2 Å². The van der Waals surface area contributed by atoms with Crippen LogP contribution in [-0.2, 0) is 0 Å². The third kappa shape index (κ3) is 2.69. The number of carbonyl (C=O) groups is 1. The predicted octanol–water partition coefficient (Wildman–Crippen LogP) is 3.03. The Morgan fingerprint density at radius 1 is 1.59 bits per heavy atom. The molecule has 1 aliphatic carbocycles. The zero-order valence-electron chi connectivity index (χ0n) is 9.61. The molecule has 0 aliphatic heterocycles. The average Bonchev–Trinajstić information content (AvgIpc) is 2.17. The lowest BCUT2D eigenvalue weighted by Crippen LogP contribution is -2.31. The molecule has 1 aromatic heterocycles. The fourth-order valence-corrected chi connectivity index (χ4v) is 2.15. The van der Waals surface area contributed by atoms with E-state index in [1.807, 2.05) is 0 Å². The van der Waals surface area contributed by atoms with Gasteiger partial charge in [0.25, 0.3) is 0 Å². The topological polar surface area (TPSA) is 62.2 Å². The van der Waals surface area contributed by atoms with E-state index in [4.69, 9.17) is 16.7 Å². The van der Waals surface area contributed by atoms with Crippen molar-refractivity contribution in [3.8, 4) is 0 Å². The Morgan fingerprint density at radius 3 is 2.82 bits per heavy atom. The third-order valence-corrected chi connectivity index (χ3v) is 3.59. The van der Waals surface area contributed by atoms with Gasteiger partial charge < -0.3 is 10.4 Å². The molecule has 1 aliphatic rings. The number of pyridine rings is 1. The summed E-state index contributed by atoms with van der Waals surface area (Å²) in [5.41, 5.74) is -0.0996. The van der Waals surface area contributed by atoms with Gasteiger partial charge in [0.2, 0.25) is 0 Å². The summed E-state index contributed by atoms with van der Waals surface area (Å²) in [7, 11) is 0. The van der Waals surface area contributed by atoms with Crippen LogP contribution in [0.2, 0.25) is 5.02 Å². The van der Waals surface area contributed by atoms with E-state index in [0.717, 1.165) is 0 Å². The highest BCUT2D eigenvalue weighted by molar-refractivity contribution is 6.33. The summed E-state index contributed by atoms with van der Waals surface area (Å²) in [6, 6.07) is 3.59. The molecule has 92 valence electrons. The molecule has 0 aromatic carbocycles. The van der Waals surface area contributed by atoms with E-state index >= 15 is 0 Å². The quantitative estimate of drug-likeness (QED) is 0.867. The van der Waals surface area contributed by atoms with E-state index < -0.39 is 5.97 Å². The van der Waals surface area contributed by atoms with Gasteiger partial charge in [-0.05, 0) is 37.8 Å². The molecular formula is C12H15ClN2O2. The van der Waals surface area contributed by atoms with Crippen molar-refractivity contribution >= 4 is 23.4 Å². The molecule has 1 fully saturated rings. The SMILES string of the molecule is CC(Nc1ccc(Cl)c(C(=O)O)n1)C1CCC1. The maximum atomic E-state index is 10.9. The van der Waals surface area contributed by atoms with Gasteiger partial charge in [0.1, 0.15) is 5.82 Å². The number of nitrogens with zero attached hydrogens (tertiary/aromatic N) is 1. The number of aromatic carboxylic acids is 1. The van der Waals surface area contributed by atoms with E-state index in [1.54, 1.807) is 12.1 Å². The highest BCUT2D eigenvalue weighted by atomic mass is 35.5. The van der Waals surface area contributed by atoms with Crippen molar-refractivity contribution in [1.82, 2.24) is 4.98 Å². The Bertz CT molecular complexity index is 433. The molecule has 5 heteroatoms. The molecule has 1 aromatic rings. The van der Waals surface area contributed by atoms with Crippen molar-refractivity contribution in [2.24, 2.45) is 5.92 Å². The number of hydrogen-bond acceptors (Lipinski definition) is 3. The van der Waals surface area contributed by atoms with Crippen LogP contribution in [-0.4, -0.2) is 22.1 Å². The molecular weight excluding hydrogens is 240 g/mol. The van der Waals surface area contributed by atoms with Crippen LogP contribution in [0.1, 0.15) is 36.7 Å². The number of anilines is 1. The fourth-order valence-electron chi connectivity index (χ4n) is 1.96. The van der Waals surface area contributed by atoms with Crippen molar-refractivity contribution in [3.05, 3.63) is 22.8 Å². The molecule has 0 bridgehead atoms. The molecule has 0 saturated heterocycles. The molecule has 1 atom stereocenters. The highest BCUT2D eigenvalue weighted by Crippen LogP contribution is 2.31. The zero-order chi connectivity index (χ0) is 12.4. The minimum Gasteiger partial charge on any atom is -0.476 e. The predicted molar refractivity (Wildman–Crippen MR) is 66.6 cm³/mol. The molecule has 4 nitrogen and oxygen atoms in total. The second kappa shape index (κ2) is 4.92. The van der Waals surface area contributed by atoms with Crippen LogP contribution in [0.15, 0.2) is 12.1 Å². The first-order chi connectivity index (χ1) is 8.08. The maximum absolute atomic E-state index is 10.9. The summed E-state index contributed by atoms with van der Waals surface area (Å²) in [4.78, 5) is 14.9. The monoisotopic (exact) mass is 254 g/mol. The van der Waals surface area contributed by atoms with Gasteiger partial charge in [-0.15, -0.1) is 0 Å². The molecule has 1 unspecified atom stereocenters. The van der Waals surface area contributed by atoms with E-state index in [-0.39, 0.29) is 10.7 Å². The van der Waals surface area contributed by atoms with Gasteiger partial charge >= 0.3 is 5.97 Å². The molecule has 17 heavy (non-hydrogen) atoms. The maximum Gasteiger partial charge on any atom is 0.356 e. The Hall–Kier alpha value is -1.29. The summed E-state index contributed by atoms with van der Waals surface area (Å²) in [5.74, 6) is 0.141. The summed E-state index contributed by atoms with van der Waals surface area (Å²) in [6.07, 6.45) is 3.74. The van der Waals surface area contributed by atoms with Crippen LogP contribution in [0.4, 0.5) is 5.82 Å². The van der Waals surface area contributed by atoms with Gasteiger partial charge in [-0.25, -0.2) is 9.78 Å². The normalized spacial score (nSPS) is 17.3. The smallest absolute Gasteiger partial charge is 0.356 e. The standard InChI is InChI=1S/C12H15ClN2O2/c1-7(8-3-2-4-8)14-10-6-5-9(13)11(15-10)12(16)17/h5-8H,2-4H2,1H3,(H,14,15)(H,16,17). The van der Waals surface area contributed by atoms with Gasteiger partial charge in [-0.2, -0.15) is 0 Å². The largest absolute Gasteiger partial charge is 0.476 e. The second-order valence-corrected chi connectivity index (χ2v) is 4.86. The number of halogens is 1. The number of rotatable bonds is 4. The molecule has 0 amide bonds. The summed E-state index contributed by atoms with van der Waals surface area (Å²) in [5, 5.41) is 12.3. The van der Waals surface area contributed by atoms with E-state index in [1.165, 1.54) is 19.3 Å². The Balaban J connectivity index is 2.10. The third-order valence-electron chi connectivity index (χ3n) is 3.28. The Labute approximate surface area is 105 Å². The number of nitrogens with one attached hydrogen (secondary N) is 1.